The van der Waals surface area contributed by atoms with Gasteiger partial charge in [-0.25, -0.2) is 4.39 Å². The van der Waals surface area contributed by atoms with Gasteiger partial charge in [0.25, 0.3) is 0 Å². The van der Waals surface area contributed by atoms with Crippen molar-refractivity contribution in [2.45, 2.75) is 6.67 Å². The Morgan fingerprint density at radius 1 is 0.893 bits per heavy atom. The largest absolute Gasteiger partial charge is 0.497 e. The van der Waals surface area contributed by atoms with Gasteiger partial charge in [0.2, 0.25) is 0 Å². The zero-order valence-electron chi connectivity index (χ0n) is 15.8. The van der Waals surface area contributed by atoms with E-state index in [2.05, 4.69) is 14.4 Å². The molecular formula is C21H23FN4OS. The first-order valence-electron chi connectivity index (χ1n) is 9.29. The number of halogens is 1. The molecule has 146 valence electrons. The number of rotatable bonds is 5. The van der Waals surface area contributed by atoms with Gasteiger partial charge in [0, 0.05) is 49.9 Å². The van der Waals surface area contributed by atoms with E-state index in [1.165, 1.54) is 12.1 Å². The molecule has 0 N–H and O–H groups in total. The van der Waals surface area contributed by atoms with Gasteiger partial charge in [-0.3, -0.25) is 9.47 Å². The van der Waals surface area contributed by atoms with Crippen LogP contribution in [0, 0.1) is 10.6 Å². The van der Waals surface area contributed by atoms with Gasteiger partial charge in [-0.15, -0.1) is 0 Å². The topological polar surface area (TPSA) is 25.6 Å². The van der Waals surface area contributed by atoms with Crippen molar-refractivity contribution in [3.63, 3.8) is 0 Å². The highest BCUT2D eigenvalue weighted by Crippen LogP contribution is 2.18. The summed E-state index contributed by atoms with van der Waals surface area (Å²) in [6, 6.07) is 14.6. The van der Waals surface area contributed by atoms with E-state index in [0.29, 0.717) is 0 Å². The maximum Gasteiger partial charge on any atom is 0.185 e. The Balaban J connectivity index is 1.39. The quantitative estimate of drug-likeness (QED) is 0.608. The van der Waals surface area contributed by atoms with Crippen LogP contribution in [0.2, 0.25) is 0 Å². The summed E-state index contributed by atoms with van der Waals surface area (Å²) in [5, 5.41) is 0. The molecule has 5 nitrogen and oxygen atoms in total. The van der Waals surface area contributed by atoms with Crippen molar-refractivity contribution in [1.29, 1.82) is 0 Å². The number of ether oxygens (including phenoxy) is 1. The molecule has 28 heavy (non-hydrogen) atoms. The summed E-state index contributed by atoms with van der Waals surface area (Å²) in [5.41, 5.74) is 2.09. The lowest BCUT2D eigenvalue weighted by Gasteiger charge is -2.36. The van der Waals surface area contributed by atoms with Gasteiger partial charge >= 0.3 is 0 Å². The summed E-state index contributed by atoms with van der Waals surface area (Å²) in [6.45, 7) is 4.47. The fourth-order valence-corrected chi connectivity index (χ4v) is 3.76. The molecule has 1 aromatic heterocycles. The van der Waals surface area contributed by atoms with Crippen molar-refractivity contribution in [2.24, 2.45) is 0 Å². The molecular weight excluding hydrogens is 375 g/mol. The van der Waals surface area contributed by atoms with Crippen molar-refractivity contribution in [2.75, 3.05) is 38.2 Å². The molecule has 4 rings (SSSR count). The lowest BCUT2D eigenvalue weighted by atomic mass is 10.2. The van der Waals surface area contributed by atoms with Gasteiger partial charge in [0.1, 0.15) is 11.6 Å². The molecule has 3 aromatic rings. The maximum atomic E-state index is 13.1. The van der Waals surface area contributed by atoms with Crippen LogP contribution in [-0.2, 0) is 6.67 Å². The number of methoxy groups -OCH3 is 1. The van der Waals surface area contributed by atoms with Gasteiger partial charge < -0.3 is 14.2 Å². The molecule has 0 aliphatic carbocycles. The van der Waals surface area contributed by atoms with Crippen LogP contribution in [0.5, 0.6) is 5.75 Å². The summed E-state index contributed by atoms with van der Waals surface area (Å²) in [4.78, 5) is 4.67. The minimum Gasteiger partial charge on any atom is -0.497 e. The molecule has 1 fully saturated rings. The van der Waals surface area contributed by atoms with Gasteiger partial charge in [0.15, 0.2) is 4.77 Å². The van der Waals surface area contributed by atoms with E-state index in [1.54, 1.807) is 7.11 Å². The lowest BCUT2D eigenvalue weighted by Crippen LogP contribution is -2.46. The molecule has 0 bridgehead atoms. The molecule has 1 aliphatic rings. The fourth-order valence-electron chi connectivity index (χ4n) is 3.47. The number of anilines is 1. The Morgan fingerprint density at radius 3 is 2.18 bits per heavy atom. The summed E-state index contributed by atoms with van der Waals surface area (Å²) in [5.74, 6) is 0.631. The van der Waals surface area contributed by atoms with E-state index >= 15 is 0 Å². The third-order valence-electron chi connectivity index (χ3n) is 5.11. The zero-order valence-corrected chi connectivity index (χ0v) is 16.6. The molecule has 0 saturated carbocycles. The normalized spacial score (nSPS) is 15.0. The Kier molecular flexibility index (Phi) is 5.45. The molecule has 0 atom stereocenters. The highest BCUT2D eigenvalue weighted by Gasteiger charge is 2.18. The summed E-state index contributed by atoms with van der Waals surface area (Å²) in [6.07, 6.45) is 4.03. The molecule has 7 heteroatoms. The molecule has 1 saturated heterocycles. The van der Waals surface area contributed by atoms with Gasteiger partial charge in [-0.05, 0) is 60.7 Å². The number of hydrogen-bond acceptors (Lipinski definition) is 4. The fraction of sp³-hybridized carbons (Fsp3) is 0.286. The molecule has 0 radical (unpaired) electrons. The third-order valence-corrected chi connectivity index (χ3v) is 5.55. The number of aromatic nitrogens is 2. The van der Waals surface area contributed by atoms with Gasteiger partial charge in [0.05, 0.1) is 13.8 Å². The van der Waals surface area contributed by atoms with E-state index < -0.39 is 0 Å². The Morgan fingerprint density at radius 2 is 1.54 bits per heavy atom. The lowest BCUT2D eigenvalue weighted by molar-refractivity contribution is 0.204. The van der Waals surface area contributed by atoms with Crippen molar-refractivity contribution >= 4 is 17.9 Å². The minimum atomic E-state index is -0.196. The van der Waals surface area contributed by atoms with Crippen molar-refractivity contribution < 1.29 is 9.13 Å². The number of hydrogen-bond donors (Lipinski definition) is 0. The van der Waals surface area contributed by atoms with Gasteiger partial charge in [-0.1, -0.05) is 0 Å². The number of piperazine rings is 1. The summed E-state index contributed by atoms with van der Waals surface area (Å²) >= 11 is 5.67. The monoisotopic (exact) mass is 398 g/mol. The van der Waals surface area contributed by atoms with E-state index in [9.17, 15) is 4.39 Å². The summed E-state index contributed by atoms with van der Waals surface area (Å²) < 4.78 is 23.2. The third kappa shape index (κ3) is 3.95. The van der Waals surface area contributed by atoms with Crippen molar-refractivity contribution in [3.8, 4) is 11.4 Å². The predicted octanol–water partition coefficient (Wildman–Crippen LogP) is 3.94. The van der Waals surface area contributed by atoms with E-state index in [-0.39, 0.29) is 5.82 Å². The second-order valence-corrected chi connectivity index (χ2v) is 7.21. The second kappa shape index (κ2) is 8.16. The van der Waals surface area contributed by atoms with Crippen LogP contribution < -0.4 is 9.64 Å². The molecule has 0 unspecified atom stereocenters. The van der Waals surface area contributed by atoms with Crippen molar-refractivity contribution in [3.05, 3.63) is 71.5 Å². The second-order valence-electron chi connectivity index (χ2n) is 6.84. The van der Waals surface area contributed by atoms with Crippen LogP contribution in [0.4, 0.5) is 10.1 Å². The van der Waals surface area contributed by atoms with Crippen LogP contribution in [0.1, 0.15) is 0 Å². The van der Waals surface area contributed by atoms with Crippen LogP contribution in [0.25, 0.3) is 5.69 Å². The average molecular weight is 399 g/mol. The van der Waals surface area contributed by atoms with Crippen LogP contribution in [0.15, 0.2) is 60.9 Å². The first kappa shape index (κ1) is 18.7. The van der Waals surface area contributed by atoms with E-state index in [1.807, 2.05) is 53.4 Å². The minimum absolute atomic E-state index is 0.196. The predicted molar refractivity (Wildman–Crippen MR) is 111 cm³/mol. The highest BCUT2D eigenvalue weighted by atomic mass is 32.1. The van der Waals surface area contributed by atoms with Crippen LogP contribution >= 0.6 is 12.2 Å². The molecule has 0 amide bonds. The van der Waals surface area contributed by atoms with E-state index in [4.69, 9.17) is 17.0 Å². The zero-order chi connectivity index (χ0) is 19.5. The smallest absolute Gasteiger partial charge is 0.185 e. The number of benzene rings is 2. The molecule has 2 heterocycles. The number of imidazole rings is 1. The van der Waals surface area contributed by atoms with Crippen LogP contribution in [0.3, 0.4) is 0 Å². The Bertz CT molecular complexity index is 973. The van der Waals surface area contributed by atoms with E-state index in [0.717, 1.165) is 54.7 Å². The molecule has 0 spiro atoms. The van der Waals surface area contributed by atoms with Crippen LogP contribution in [-0.4, -0.2) is 47.3 Å². The molecule has 2 aromatic carbocycles. The van der Waals surface area contributed by atoms with Crippen molar-refractivity contribution in [1.82, 2.24) is 14.0 Å². The standard InChI is InChI=1S/C21H23FN4OS/c1-27-20-8-6-19(7-9-20)26-15-14-25(21(26)28)16-23-10-12-24(13-11-23)18-4-2-17(22)3-5-18/h2-9,14-15H,10-13,16H2,1H3. The highest BCUT2D eigenvalue weighted by molar-refractivity contribution is 7.71. The summed E-state index contributed by atoms with van der Waals surface area (Å²) in [7, 11) is 1.66. The van der Waals surface area contributed by atoms with Gasteiger partial charge in [-0.2, -0.15) is 0 Å². The maximum absolute atomic E-state index is 13.1. The average Bonchev–Trinajstić information content (AvgIpc) is 3.09. The molecule has 1 aliphatic heterocycles. The first-order chi connectivity index (χ1) is 13.6. The Hall–Kier alpha value is -2.64. The SMILES string of the molecule is COc1ccc(-n2ccn(CN3CCN(c4ccc(F)cc4)CC3)c2=S)cc1. The Labute approximate surface area is 169 Å². The first-order valence-corrected chi connectivity index (χ1v) is 9.70. The number of nitrogens with zero attached hydrogens (tertiary/aromatic N) is 4.